The predicted molar refractivity (Wildman–Crippen MR) is 106 cm³/mol. The minimum Gasteiger partial charge on any atom is -0.451 e. The third-order valence-electron chi connectivity index (χ3n) is 4.73. The summed E-state index contributed by atoms with van der Waals surface area (Å²) in [7, 11) is 1.35. The van der Waals surface area contributed by atoms with E-state index in [1.165, 1.54) is 31.2 Å². The van der Waals surface area contributed by atoms with Crippen LogP contribution in [0.15, 0.2) is 11.4 Å². The lowest BCUT2D eigenvalue weighted by Gasteiger charge is -2.41. The summed E-state index contributed by atoms with van der Waals surface area (Å²) in [6.45, 7) is 2.36. The fourth-order valence-electron chi connectivity index (χ4n) is 3.05. The van der Waals surface area contributed by atoms with Gasteiger partial charge in [-0.2, -0.15) is 26.3 Å². The first-order valence-corrected chi connectivity index (χ1v) is 10.4. The molecule has 3 heterocycles. The molecule has 0 aliphatic carbocycles. The molecule has 1 fully saturated rings. The number of alkyl halides is 6. The number of esters is 1. The van der Waals surface area contributed by atoms with Crippen LogP contribution in [-0.2, 0) is 20.4 Å². The first kappa shape index (κ1) is 25.0. The van der Waals surface area contributed by atoms with Crippen molar-refractivity contribution >= 4 is 39.2 Å². The lowest BCUT2D eigenvalue weighted by atomic mass is 10.1. The number of hydrogen-bond donors (Lipinski definition) is 1. The number of carbonyl (C=O) groups excluding carboxylic acids is 2. The molecule has 1 N–H and O–H groups in total. The highest BCUT2D eigenvalue weighted by Crippen LogP contribution is 2.41. The zero-order chi connectivity index (χ0) is 24.8. The Kier molecular flexibility index (Phi) is 6.54. The van der Waals surface area contributed by atoms with E-state index in [4.69, 9.17) is 4.74 Å². The molecule has 1 amide bonds. The predicted octanol–water partition coefficient (Wildman–Crippen LogP) is 3.76. The van der Waals surface area contributed by atoms with Crippen LogP contribution in [0.25, 0.3) is 10.2 Å². The zero-order valence-electron chi connectivity index (χ0n) is 17.6. The molecular formula is C19H19F6N3O4S. The van der Waals surface area contributed by atoms with Crippen molar-refractivity contribution in [2.24, 2.45) is 0 Å². The largest absolute Gasteiger partial charge is 0.490 e. The average Bonchev–Trinajstić information content (AvgIpc) is 3.07. The van der Waals surface area contributed by atoms with Crippen LogP contribution in [0.2, 0.25) is 0 Å². The van der Waals surface area contributed by atoms with Crippen molar-refractivity contribution in [3.63, 3.8) is 0 Å². The number of carbonyl (C=O) groups is 2. The quantitative estimate of drug-likeness (QED) is 0.482. The Balaban J connectivity index is 1.72. The molecule has 0 atom stereocenters. The molecule has 1 saturated heterocycles. The van der Waals surface area contributed by atoms with Crippen LogP contribution in [-0.4, -0.2) is 61.5 Å². The van der Waals surface area contributed by atoms with E-state index in [-0.39, 0.29) is 41.3 Å². The number of fused-ring (bicyclic) bond motifs is 1. The van der Waals surface area contributed by atoms with Gasteiger partial charge in [-0.05, 0) is 19.9 Å². The van der Waals surface area contributed by atoms with Gasteiger partial charge < -0.3 is 19.7 Å². The lowest BCUT2D eigenvalue weighted by molar-refractivity contribution is -0.216. The second kappa shape index (κ2) is 8.63. The Hall–Kier alpha value is -2.61. The van der Waals surface area contributed by atoms with Crippen molar-refractivity contribution in [2.45, 2.75) is 37.9 Å². The molecule has 1 aliphatic heterocycles. The number of pyridine rings is 1. The fourth-order valence-corrected chi connectivity index (χ4v) is 4.07. The summed E-state index contributed by atoms with van der Waals surface area (Å²) in [6.07, 6.45) is -10.3. The van der Waals surface area contributed by atoms with Crippen LogP contribution in [0, 0.1) is 0 Å². The Morgan fingerprint density at radius 2 is 1.85 bits per heavy atom. The van der Waals surface area contributed by atoms with Crippen molar-refractivity contribution in [3.05, 3.63) is 22.6 Å². The first-order chi connectivity index (χ1) is 15.1. The van der Waals surface area contributed by atoms with Gasteiger partial charge in [0.15, 0.2) is 0 Å². The molecule has 0 unspecified atom stereocenters. The highest BCUT2D eigenvalue weighted by atomic mass is 32.1. The van der Waals surface area contributed by atoms with E-state index in [1.807, 2.05) is 0 Å². The molecule has 1 aliphatic rings. The Bertz CT molecular complexity index is 1060. The molecule has 182 valence electrons. The van der Waals surface area contributed by atoms with Crippen LogP contribution in [0.3, 0.4) is 0 Å². The molecule has 7 nitrogen and oxygen atoms in total. The van der Waals surface area contributed by atoms with Crippen LogP contribution < -0.4 is 10.2 Å². The van der Waals surface area contributed by atoms with Crippen molar-refractivity contribution < 1.29 is 45.4 Å². The summed E-state index contributed by atoms with van der Waals surface area (Å²) >= 11 is 0.767. The normalized spacial score (nSPS) is 15.5. The summed E-state index contributed by atoms with van der Waals surface area (Å²) in [6, 6.07) is 0.887. The smallest absolute Gasteiger partial charge is 0.451 e. The van der Waals surface area contributed by atoms with Gasteiger partial charge in [0, 0.05) is 25.5 Å². The SMILES string of the molecule is CNC(=O)c1csc2c(C(F)(F)F)cc(N3CC(OCC(C)(C)OC(=O)C(F)(F)F)C3)nc12. The zero-order valence-corrected chi connectivity index (χ0v) is 18.4. The third kappa shape index (κ3) is 5.49. The number of thiophene rings is 1. The average molecular weight is 499 g/mol. The Morgan fingerprint density at radius 1 is 1.21 bits per heavy atom. The molecule has 0 bridgehead atoms. The topological polar surface area (TPSA) is 80.8 Å². The van der Waals surface area contributed by atoms with Gasteiger partial charge in [0.1, 0.15) is 11.4 Å². The molecule has 2 aromatic rings. The van der Waals surface area contributed by atoms with Crippen LogP contribution >= 0.6 is 11.3 Å². The molecule has 33 heavy (non-hydrogen) atoms. The minimum atomic E-state index is -5.14. The van der Waals surface area contributed by atoms with Gasteiger partial charge in [-0.25, -0.2) is 9.78 Å². The molecule has 0 spiro atoms. The summed E-state index contributed by atoms with van der Waals surface area (Å²) in [5.74, 6) is -2.92. The molecule has 0 saturated carbocycles. The maximum Gasteiger partial charge on any atom is 0.490 e. The van der Waals surface area contributed by atoms with E-state index < -0.39 is 41.5 Å². The van der Waals surface area contributed by atoms with E-state index in [0.717, 1.165) is 17.4 Å². The third-order valence-corrected chi connectivity index (χ3v) is 5.73. The number of aromatic nitrogens is 1. The van der Waals surface area contributed by atoms with E-state index >= 15 is 0 Å². The van der Waals surface area contributed by atoms with Crippen molar-refractivity contribution in [2.75, 3.05) is 31.6 Å². The maximum absolute atomic E-state index is 13.6. The number of nitrogens with zero attached hydrogens (tertiary/aromatic N) is 2. The fraction of sp³-hybridized carbons (Fsp3) is 0.526. The molecule has 2 aromatic heterocycles. The van der Waals surface area contributed by atoms with E-state index in [2.05, 4.69) is 15.0 Å². The van der Waals surface area contributed by atoms with E-state index in [0.29, 0.717) is 0 Å². The van der Waals surface area contributed by atoms with Gasteiger partial charge >= 0.3 is 18.3 Å². The minimum absolute atomic E-state index is 0.0130. The Morgan fingerprint density at radius 3 is 2.39 bits per heavy atom. The van der Waals surface area contributed by atoms with Gasteiger partial charge in [-0.1, -0.05) is 0 Å². The summed E-state index contributed by atoms with van der Waals surface area (Å²) in [5, 5.41) is 3.67. The first-order valence-electron chi connectivity index (χ1n) is 9.50. The van der Waals surface area contributed by atoms with Gasteiger partial charge in [-0.3, -0.25) is 4.79 Å². The summed E-state index contributed by atoms with van der Waals surface area (Å²) < 4.78 is 87.6. The van der Waals surface area contributed by atoms with Gasteiger partial charge in [0.2, 0.25) is 0 Å². The van der Waals surface area contributed by atoms with Crippen molar-refractivity contribution in [1.29, 1.82) is 0 Å². The second-order valence-electron chi connectivity index (χ2n) is 7.92. The number of rotatable bonds is 6. The summed E-state index contributed by atoms with van der Waals surface area (Å²) in [5.41, 5.74) is -2.54. The van der Waals surface area contributed by atoms with Crippen LogP contribution in [0.1, 0.15) is 29.8 Å². The molecular weight excluding hydrogens is 480 g/mol. The number of anilines is 1. The number of hydrogen-bond acceptors (Lipinski definition) is 7. The lowest BCUT2D eigenvalue weighted by Crippen LogP contribution is -2.54. The Labute approximate surface area is 187 Å². The van der Waals surface area contributed by atoms with Gasteiger partial charge in [0.25, 0.3) is 5.91 Å². The highest BCUT2D eigenvalue weighted by Gasteiger charge is 2.44. The van der Waals surface area contributed by atoms with Crippen molar-refractivity contribution in [3.8, 4) is 0 Å². The van der Waals surface area contributed by atoms with Gasteiger partial charge in [-0.15, -0.1) is 11.3 Å². The van der Waals surface area contributed by atoms with Gasteiger partial charge in [0.05, 0.1) is 34.1 Å². The van der Waals surface area contributed by atoms with E-state index in [1.54, 1.807) is 0 Å². The monoisotopic (exact) mass is 499 g/mol. The second-order valence-corrected chi connectivity index (χ2v) is 8.80. The summed E-state index contributed by atoms with van der Waals surface area (Å²) in [4.78, 5) is 28.7. The highest BCUT2D eigenvalue weighted by molar-refractivity contribution is 7.17. The number of ether oxygens (including phenoxy) is 2. The molecule has 14 heteroatoms. The van der Waals surface area contributed by atoms with Crippen LogP contribution in [0.5, 0.6) is 0 Å². The molecule has 0 aromatic carbocycles. The number of amides is 1. The molecule has 0 radical (unpaired) electrons. The standard InChI is InChI=1S/C19H19F6N3O4S/c1-17(2,32-16(30)19(23,24)25)8-31-9-5-28(6-9)12-4-11(18(20,21)22)14-13(27-12)10(7-33-14)15(29)26-3/h4,7,9H,5-6,8H2,1-3H3,(H,26,29). The maximum atomic E-state index is 13.6. The number of halogens is 6. The molecule has 3 rings (SSSR count). The van der Waals surface area contributed by atoms with Crippen molar-refractivity contribution in [1.82, 2.24) is 10.3 Å². The number of nitrogens with one attached hydrogen (secondary N) is 1. The van der Waals surface area contributed by atoms with E-state index in [9.17, 15) is 35.9 Å². The van der Waals surface area contributed by atoms with Crippen LogP contribution in [0.4, 0.5) is 32.2 Å².